The Morgan fingerprint density at radius 2 is 1.83 bits per heavy atom. The van der Waals surface area contributed by atoms with Gasteiger partial charge in [0, 0.05) is 6.54 Å². The van der Waals surface area contributed by atoms with E-state index in [-0.39, 0.29) is 19.6 Å². The van der Waals surface area contributed by atoms with Gasteiger partial charge in [-0.1, -0.05) is 0 Å². The first kappa shape index (κ1) is 14.7. The van der Waals surface area contributed by atoms with Crippen molar-refractivity contribution in [2.45, 2.75) is 31.2 Å². The van der Waals surface area contributed by atoms with Gasteiger partial charge in [-0.2, -0.15) is 0 Å². The second kappa shape index (κ2) is 5.51. The van der Waals surface area contributed by atoms with Crippen LogP contribution in [0.5, 0.6) is 0 Å². The average molecular weight is 262 g/mol. The van der Waals surface area contributed by atoms with Crippen LogP contribution in [0.3, 0.4) is 0 Å². The van der Waals surface area contributed by atoms with E-state index in [1.165, 1.54) is 11.8 Å². The van der Waals surface area contributed by atoms with Gasteiger partial charge in [-0.25, -0.2) is 4.79 Å². The molecule has 8 nitrogen and oxygen atoms in total. The van der Waals surface area contributed by atoms with Crippen molar-refractivity contribution >= 4 is 12.0 Å². The van der Waals surface area contributed by atoms with Crippen molar-refractivity contribution in [2.24, 2.45) is 0 Å². The lowest BCUT2D eigenvalue weighted by atomic mass is 10.0. The fraction of sp³-hybridized carbons (Fsp3) is 0.800. The van der Waals surface area contributed by atoms with Gasteiger partial charge in [0.2, 0.25) is 0 Å². The highest BCUT2D eigenvalue weighted by molar-refractivity contribution is 5.75. The zero-order chi connectivity index (χ0) is 13.9. The molecule has 0 spiro atoms. The Labute approximate surface area is 104 Å². The standard InChI is InChI=1S/C10H18N2O6/c1-10(18,2-8(15)16)5-11-9(17)12-3-6(13)7(14)4-12/h6-7,13-14,18H,2-5H2,1H3,(H,11,17)(H,15,16). The van der Waals surface area contributed by atoms with Crippen LogP contribution in [0.15, 0.2) is 0 Å². The average Bonchev–Trinajstić information content (AvgIpc) is 2.54. The van der Waals surface area contributed by atoms with Crippen molar-refractivity contribution in [1.29, 1.82) is 0 Å². The lowest BCUT2D eigenvalue weighted by Crippen LogP contribution is -2.47. The summed E-state index contributed by atoms with van der Waals surface area (Å²) in [4.78, 5) is 23.3. The minimum atomic E-state index is -1.54. The van der Waals surface area contributed by atoms with Crippen LogP contribution in [0.1, 0.15) is 13.3 Å². The summed E-state index contributed by atoms with van der Waals surface area (Å²) in [5.74, 6) is -1.17. The number of amides is 2. The summed E-state index contributed by atoms with van der Waals surface area (Å²) in [6.07, 6.45) is -2.44. The van der Waals surface area contributed by atoms with Crippen molar-refractivity contribution in [3.8, 4) is 0 Å². The number of aliphatic carboxylic acids is 1. The maximum Gasteiger partial charge on any atom is 0.317 e. The molecule has 0 saturated carbocycles. The molecule has 0 bridgehead atoms. The van der Waals surface area contributed by atoms with Crippen LogP contribution in [-0.2, 0) is 4.79 Å². The molecular formula is C10H18N2O6. The number of nitrogens with one attached hydrogen (secondary N) is 1. The van der Waals surface area contributed by atoms with Gasteiger partial charge in [0.05, 0.1) is 37.3 Å². The zero-order valence-corrected chi connectivity index (χ0v) is 10.0. The Morgan fingerprint density at radius 1 is 1.33 bits per heavy atom. The SMILES string of the molecule is CC(O)(CNC(=O)N1CC(O)C(O)C1)CC(=O)O. The molecule has 0 aromatic carbocycles. The molecule has 5 N–H and O–H groups in total. The number of nitrogens with zero attached hydrogens (tertiary/aromatic N) is 1. The Hall–Kier alpha value is -1.38. The molecular weight excluding hydrogens is 244 g/mol. The van der Waals surface area contributed by atoms with E-state index in [0.29, 0.717) is 0 Å². The predicted octanol–water partition coefficient (Wildman–Crippen LogP) is -2.04. The van der Waals surface area contributed by atoms with Gasteiger partial charge in [0.15, 0.2) is 0 Å². The van der Waals surface area contributed by atoms with E-state index in [4.69, 9.17) is 5.11 Å². The van der Waals surface area contributed by atoms with E-state index in [2.05, 4.69) is 5.32 Å². The van der Waals surface area contributed by atoms with Crippen LogP contribution in [0, 0.1) is 0 Å². The Balaban J connectivity index is 2.40. The largest absolute Gasteiger partial charge is 0.481 e. The fourth-order valence-corrected chi connectivity index (χ4v) is 1.70. The summed E-state index contributed by atoms with van der Waals surface area (Å²) in [6.45, 7) is 1.10. The van der Waals surface area contributed by atoms with Gasteiger partial charge in [-0.05, 0) is 6.92 Å². The Kier molecular flexibility index (Phi) is 4.49. The maximum absolute atomic E-state index is 11.6. The number of hydrogen-bond donors (Lipinski definition) is 5. The number of carbonyl (C=O) groups is 2. The summed E-state index contributed by atoms with van der Waals surface area (Å²) in [7, 11) is 0. The lowest BCUT2D eigenvalue weighted by molar-refractivity contribution is -0.141. The minimum absolute atomic E-state index is 0.00801. The first-order chi connectivity index (χ1) is 8.21. The number of aliphatic hydroxyl groups is 3. The van der Waals surface area contributed by atoms with Crippen LogP contribution in [0.2, 0.25) is 0 Å². The maximum atomic E-state index is 11.6. The third-order valence-corrected chi connectivity index (χ3v) is 2.70. The van der Waals surface area contributed by atoms with E-state index in [9.17, 15) is 24.9 Å². The lowest BCUT2D eigenvalue weighted by Gasteiger charge is -2.24. The van der Waals surface area contributed by atoms with Gasteiger partial charge < -0.3 is 30.6 Å². The van der Waals surface area contributed by atoms with Crippen LogP contribution in [0.4, 0.5) is 4.79 Å². The monoisotopic (exact) mass is 262 g/mol. The number of carboxylic acids is 1. The van der Waals surface area contributed by atoms with Crippen molar-refractivity contribution in [3.63, 3.8) is 0 Å². The summed E-state index contributed by atoms with van der Waals surface area (Å²) in [6, 6.07) is -0.559. The number of carboxylic acid groups (broad SMARTS) is 1. The molecule has 3 atom stereocenters. The molecule has 104 valence electrons. The number of β-amino-alcohol motifs (C(OH)–C–C–N with tert-alkyl or cyclic N) is 2. The molecule has 1 fully saturated rings. The van der Waals surface area contributed by atoms with Crippen molar-refractivity contribution in [2.75, 3.05) is 19.6 Å². The second-order valence-electron chi connectivity index (χ2n) is 4.77. The molecule has 0 radical (unpaired) electrons. The Bertz CT molecular complexity index is 322. The van der Waals surface area contributed by atoms with Crippen molar-refractivity contribution in [1.82, 2.24) is 10.2 Å². The molecule has 0 aromatic rings. The first-order valence-electron chi connectivity index (χ1n) is 5.54. The summed E-state index contributed by atoms with van der Waals surface area (Å²) >= 11 is 0. The van der Waals surface area contributed by atoms with E-state index >= 15 is 0 Å². The van der Waals surface area contributed by atoms with Gasteiger partial charge in [0.1, 0.15) is 0 Å². The van der Waals surface area contributed by atoms with Gasteiger partial charge >= 0.3 is 12.0 Å². The van der Waals surface area contributed by atoms with Crippen molar-refractivity contribution < 1.29 is 30.0 Å². The minimum Gasteiger partial charge on any atom is -0.481 e. The highest BCUT2D eigenvalue weighted by Gasteiger charge is 2.33. The molecule has 1 rings (SSSR count). The molecule has 3 unspecified atom stereocenters. The van der Waals surface area contributed by atoms with E-state index in [0.717, 1.165) is 0 Å². The quantitative estimate of drug-likeness (QED) is 0.397. The van der Waals surface area contributed by atoms with Crippen LogP contribution >= 0.6 is 0 Å². The van der Waals surface area contributed by atoms with Gasteiger partial charge in [-0.3, -0.25) is 4.79 Å². The van der Waals surface area contributed by atoms with Crippen LogP contribution in [0.25, 0.3) is 0 Å². The number of rotatable bonds is 4. The summed E-state index contributed by atoms with van der Waals surface area (Å²) in [5, 5.41) is 39.1. The predicted molar refractivity (Wildman–Crippen MR) is 59.9 cm³/mol. The highest BCUT2D eigenvalue weighted by Crippen LogP contribution is 2.11. The smallest absolute Gasteiger partial charge is 0.317 e. The summed E-state index contributed by atoms with van der Waals surface area (Å²) in [5.41, 5.74) is -1.54. The van der Waals surface area contributed by atoms with E-state index in [1.54, 1.807) is 0 Å². The Morgan fingerprint density at radius 3 is 2.28 bits per heavy atom. The molecule has 1 aliphatic heterocycles. The summed E-state index contributed by atoms with van der Waals surface area (Å²) < 4.78 is 0. The van der Waals surface area contributed by atoms with Gasteiger partial charge in [-0.15, -0.1) is 0 Å². The van der Waals surface area contributed by atoms with Crippen LogP contribution in [-0.4, -0.2) is 74.8 Å². The molecule has 1 saturated heterocycles. The zero-order valence-electron chi connectivity index (χ0n) is 10.0. The molecule has 2 amide bonds. The molecule has 1 heterocycles. The fourth-order valence-electron chi connectivity index (χ4n) is 1.70. The second-order valence-corrected chi connectivity index (χ2v) is 4.77. The number of urea groups is 1. The topological polar surface area (TPSA) is 130 Å². The number of carbonyl (C=O) groups excluding carboxylic acids is 1. The van der Waals surface area contributed by atoms with E-state index < -0.39 is 36.2 Å². The molecule has 8 heteroatoms. The van der Waals surface area contributed by atoms with Crippen LogP contribution < -0.4 is 5.32 Å². The number of hydrogen-bond acceptors (Lipinski definition) is 5. The molecule has 0 aliphatic carbocycles. The molecule has 0 aromatic heterocycles. The normalized spacial score (nSPS) is 26.8. The third-order valence-electron chi connectivity index (χ3n) is 2.70. The highest BCUT2D eigenvalue weighted by atomic mass is 16.4. The third kappa shape index (κ3) is 4.13. The number of likely N-dealkylation sites (tertiary alicyclic amines) is 1. The first-order valence-corrected chi connectivity index (χ1v) is 5.54. The number of aliphatic hydroxyl groups excluding tert-OH is 2. The van der Waals surface area contributed by atoms with Crippen molar-refractivity contribution in [3.05, 3.63) is 0 Å². The molecule has 18 heavy (non-hydrogen) atoms. The van der Waals surface area contributed by atoms with E-state index in [1.807, 2.05) is 0 Å². The molecule has 1 aliphatic rings. The van der Waals surface area contributed by atoms with Gasteiger partial charge in [0.25, 0.3) is 0 Å².